The molecule has 1 amide bonds. The molecule has 0 bridgehead atoms. The minimum atomic E-state index is -0.675. The van der Waals surface area contributed by atoms with Crippen LogP contribution in [0.4, 0.5) is 0 Å². The van der Waals surface area contributed by atoms with E-state index in [1.807, 2.05) is 0 Å². The van der Waals surface area contributed by atoms with E-state index < -0.39 is 17.2 Å². The van der Waals surface area contributed by atoms with E-state index in [0.29, 0.717) is 10.4 Å². The van der Waals surface area contributed by atoms with E-state index in [1.165, 1.54) is 0 Å². The molecule has 0 atom stereocenters. The molecule has 0 unspecified atom stereocenters. The quantitative estimate of drug-likeness (QED) is 0.771. The first kappa shape index (κ1) is 12.1. The first-order valence-corrected chi connectivity index (χ1v) is 5.72. The number of aromatic amines is 1. The third-order valence-corrected chi connectivity index (χ3v) is 3.75. The highest BCUT2D eigenvalue weighted by molar-refractivity contribution is 7.20. The molecule has 3 N–H and O–H groups in total. The second-order valence-electron chi connectivity index (χ2n) is 3.60. The lowest BCUT2D eigenvalue weighted by Gasteiger charge is -1.98. The van der Waals surface area contributed by atoms with E-state index in [0.717, 1.165) is 15.9 Å². The Labute approximate surface area is 104 Å². The number of aromatic nitrogens is 2. The zero-order valence-electron chi connectivity index (χ0n) is 9.31. The summed E-state index contributed by atoms with van der Waals surface area (Å²) in [5.74, 6) is -0.652. The monoisotopic (exact) mass is 264 g/mol. The average molecular weight is 264 g/mol. The Hall–Kier alpha value is -2.40. The molecule has 0 aromatic carbocycles. The number of carbonyl (C=O) groups is 1. The summed E-state index contributed by atoms with van der Waals surface area (Å²) in [7, 11) is 0. The molecular formula is C10H8N4O3S. The van der Waals surface area contributed by atoms with Crippen molar-refractivity contribution < 1.29 is 4.79 Å². The van der Waals surface area contributed by atoms with Crippen molar-refractivity contribution in [2.45, 2.75) is 13.5 Å². The van der Waals surface area contributed by atoms with Gasteiger partial charge >= 0.3 is 5.69 Å². The zero-order chi connectivity index (χ0) is 13.4. The van der Waals surface area contributed by atoms with Crippen LogP contribution in [0.15, 0.2) is 9.59 Å². The van der Waals surface area contributed by atoms with Crippen LogP contribution in [0.2, 0.25) is 0 Å². The van der Waals surface area contributed by atoms with E-state index in [-0.39, 0.29) is 16.8 Å². The Kier molecular flexibility index (Phi) is 2.76. The molecule has 0 spiro atoms. The van der Waals surface area contributed by atoms with Gasteiger partial charge in [-0.2, -0.15) is 5.26 Å². The Bertz CT molecular complexity index is 805. The number of fused-ring (bicyclic) bond motifs is 1. The fraction of sp³-hybridized carbons (Fsp3) is 0.200. The lowest BCUT2D eigenvalue weighted by molar-refractivity contribution is 0.100. The second kappa shape index (κ2) is 4.12. The molecule has 2 aromatic heterocycles. The van der Waals surface area contributed by atoms with Gasteiger partial charge in [0.25, 0.3) is 11.5 Å². The molecule has 7 nitrogen and oxygen atoms in total. The summed E-state index contributed by atoms with van der Waals surface area (Å²) in [4.78, 5) is 37.8. The second-order valence-corrected chi connectivity index (χ2v) is 4.62. The SMILES string of the molecule is Cc1c(C(N)=O)sc2[nH]c(=O)n(CC#N)c(=O)c12. The van der Waals surface area contributed by atoms with Gasteiger partial charge in [0.15, 0.2) is 0 Å². The summed E-state index contributed by atoms with van der Waals surface area (Å²) >= 11 is 0.961. The largest absolute Gasteiger partial charge is 0.365 e. The molecule has 92 valence electrons. The Morgan fingerprint density at radius 2 is 2.22 bits per heavy atom. The minimum absolute atomic E-state index is 0.226. The molecule has 0 aliphatic carbocycles. The van der Waals surface area contributed by atoms with Gasteiger partial charge in [0.05, 0.1) is 16.3 Å². The maximum atomic E-state index is 12.0. The fourth-order valence-corrected chi connectivity index (χ4v) is 2.74. The lowest BCUT2D eigenvalue weighted by Crippen LogP contribution is -2.34. The number of H-pyrrole nitrogens is 1. The van der Waals surface area contributed by atoms with E-state index in [4.69, 9.17) is 11.0 Å². The van der Waals surface area contributed by atoms with Crippen molar-refractivity contribution in [1.82, 2.24) is 9.55 Å². The van der Waals surface area contributed by atoms with Crippen molar-refractivity contribution in [1.29, 1.82) is 5.26 Å². The first-order chi connectivity index (χ1) is 8.47. The number of hydrogen-bond acceptors (Lipinski definition) is 5. The molecule has 8 heteroatoms. The van der Waals surface area contributed by atoms with Gasteiger partial charge in [-0.1, -0.05) is 0 Å². The van der Waals surface area contributed by atoms with Crippen LogP contribution >= 0.6 is 11.3 Å². The number of carbonyl (C=O) groups excluding carboxylic acids is 1. The third kappa shape index (κ3) is 1.61. The highest BCUT2D eigenvalue weighted by Crippen LogP contribution is 2.25. The van der Waals surface area contributed by atoms with Crippen LogP contribution in [0.1, 0.15) is 15.2 Å². The number of amides is 1. The Morgan fingerprint density at radius 3 is 2.78 bits per heavy atom. The van der Waals surface area contributed by atoms with E-state index in [2.05, 4.69) is 4.98 Å². The maximum Gasteiger partial charge on any atom is 0.330 e. The van der Waals surface area contributed by atoms with Crippen molar-refractivity contribution in [2.24, 2.45) is 5.73 Å². The number of primary amides is 1. The summed E-state index contributed by atoms with van der Waals surface area (Å²) < 4.78 is 0.785. The van der Waals surface area contributed by atoms with Crippen LogP contribution in [-0.4, -0.2) is 15.5 Å². The highest BCUT2D eigenvalue weighted by Gasteiger charge is 2.18. The van der Waals surface area contributed by atoms with Gasteiger partial charge in [-0.15, -0.1) is 11.3 Å². The Morgan fingerprint density at radius 1 is 1.56 bits per heavy atom. The highest BCUT2D eigenvalue weighted by atomic mass is 32.1. The molecule has 2 aromatic rings. The molecule has 18 heavy (non-hydrogen) atoms. The van der Waals surface area contributed by atoms with Crippen LogP contribution in [0.5, 0.6) is 0 Å². The van der Waals surface area contributed by atoms with Gasteiger partial charge in [0.2, 0.25) is 0 Å². The molecule has 0 saturated carbocycles. The minimum Gasteiger partial charge on any atom is -0.365 e. The van der Waals surface area contributed by atoms with E-state index in [9.17, 15) is 14.4 Å². The van der Waals surface area contributed by atoms with Gasteiger partial charge < -0.3 is 5.73 Å². The summed E-state index contributed by atoms with van der Waals surface area (Å²) in [6.45, 7) is 1.24. The maximum absolute atomic E-state index is 12.0. The molecular weight excluding hydrogens is 256 g/mol. The molecule has 2 rings (SSSR count). The van der Waals surface area contributed by atoms with Crippen LogP contribution in [-0.2, 0) is 6.54 Å². The number of nitriles is 1. The smallest absolute Gasteiger partial charge is 0.330 e. The lowest BCUT2D eigenvalue weighted by atomic mass is 10.2. The van der Waals surface area contributed by atoms with Crippen molar-refractivity contribution in [3.8, 4) is 6.07 Å². The number of nitrogens with two attached hydrogens (primary N) is 1. The number of rotatable bonds is 2. The molecule has 2 heterocycles. The van der Waals surface area contributed by atoms with Gasteiger partial charge in [-0.05, 0) is 12.5 Å². The van der Waals surface area contributed by atoms with Crippen molar-refractivity contribution in [2.75, 3.05) is 0 Å². The normalized spacial score (nSPS) is 10.4. The van der Waals surface area contributed by atoms with Crippen LogP contribution in [0.3, 0.4) is 0 Å². The van der Waals surface area contributed by atoms with Gasteiger partial charge in [-0.25, -0.2) is 9.36 Å². The van der Waals surface area contributed by atoms with Crippen molar-refractivity contribution >= 4 is 27.5 Å². The third-order valence-electron chi connectivity index (χ3n) is 2.52. The standard InChI is InChI=1S/C10H8N4O3S/c1-4-5-8(18-6(4)7(12)15)13-10(17)14(3-2-11)9(5)16/h3H2,1H3,(H2,12,15)(H,13,17). The number of nitrogens with one attached hydrogen (secondary N) is 1. The van der Waals surface area contributed by atoms with Crippen LogP contribution in [0.25, 0.3) is 10.2 Å². The van der Waals surface area contributed by atoms with Gasteiger partial charge in [-0.3, -0.25) is 14.6 Å². The predicted molar refractivity (Wildman–Crippen MR) is 65.6 cm³/mol. The zero-order valence-corrected chi connectivity index (χ0v) is 10.1. The summed E-state index contributed by atoms with van der Waals surface area (Å²) in [5.41, 5.74) is 4.35. The van der Waals surface area contributed by atoms with Crippen molar-refractivity contribution in [3.63, 3.8) is 0 Å². The first-order valence-electron chi connectivity index (χ1n) is 4.90. The molecule has 0 radical (unpaired) electrons. The molecule has 0 saturated heterocycles. The molecule has 0 aliphatic heterocycles. The van der Waals surface area contributed by atoms with Crippen LogP contribution < -0.4 is 17.0 Å². The van der Waals surface area contributed by atoms with Crippen LogP contribution in [0, 0.1) is 18.3 Å². The van der Waals surface area contributed by atoms with E-state index in [1.54, 1.807) is 13.0 Å². The number of hydrogen-bond donors (Lipinski definition) is 2. The molecule has 0 aliphatic rings. The van der Waals surface area contributed by atoms with E-state index >= 15 is 0 Å². The number of nitrogens with zero attached hydrogens (tertiary/aromatic N) is 2. The molecule has 0 fully saturated rings. The van der Waals surface area contributed by atoms with Gasteiger partial charge in [0, 0.05) is 0 Å². The fourth-order valence-electron chi connectivity index (χ4n) is 1.70. The summed E-state index contributed by atoms with van der Waals surface area (Å²) in [6.07, 6.45) is 0. The van der Waals surface area contributed by atoms with Gasteiger partial charge in [0.1, 0.15) is 11.4 Å². The Balaban J connectivity index is 2.95. The topological polar surface area (TPSA) is 122 Å². The summed E-state index contributed by atoms with van der Waals surface area (Å²) in [6, 6.07) is 1.73. The summed E-state index contributed by atoms with van der Waals surface area (Å²) in [5, 5.41) is 8.79. The number of thiophene rings is 1. The average Bonchev–Trinajstić information content (AvgIpc) is 2.62. The van der Waals surface area contributed by atoms with Crippen molar-refractivity contribution in [3.05, 3.63) is 31.3 Å². The number of aryl methyl sites for hydroxylation is 1. The predicted octanol–water partition coefficient (Wildman–Crippen LogP) is -0.318.